The molecule has 0 unspecified atom stereocenters. The minimum atomic E-state index is 0.204. The number of nitrogens with zero attached hydrogens (tertiary/aromatic N) is 4. The highest BCUT2D eigenvalue weighted by Gasteiger charge is 2.39. The van der Waals surface area contributed by atoms with Gasteiger partial charge < -0.3 is 10.2 Å². The molecule has 1 aliphatic carbocycles. The van der Waals surface area contributed by atoms with Crippen molar-refractivity contribution in [3.05, 3.63) is 47.4 Å². The van der Waals surface area contributed by atoms with E-state index in [0.29, 0.717) is 0 Å². The van der Waals surface area contributed by atoms with Crippen molar-refractivity contribution in [2.75, 3.05) is 32.2 Å². The predicted molar refractivity (Wildman–Crippen MR) is 156 cm³/mol. The van der Waals surface area contributed by atoms with Crippen LogP contribution in [0.4, 0.5) is 5.82 Å². The molecule has 0 aliphatic heterocycles. The Morgan fingerprint density at radius 2 is 1.89 bits per heavy atom. The van der Waals surface area contributed by atoms with Gasteiger partial charge in [0.1, 0.15) is 18.9 Å². The second kappa shape index (κ2) is 9.68. The summed E-state index contributed by atoms with van der Waals surface area (Å²) < 4.78 is 0. The second-order valence-corrected chi connectivity index (χ2v) is 11.2. The molecule has 0 atom stereocenters. The number of aryl methyl sites for hydroxylation is 3. The molecule has 2 heterocycles. The van der Waals surface area contributed by atoms with E-state index in [1.807, 2.05) is 13.1 Å². The summed E-state index contributed by atoms with van der Waals surface area (Å²) in [5, 5.41) is 7.16. The van der Waals surface area contributed by atoms with Crippen LogP contribution in [0.2, 0.25) is 6.82 Å². The zero-order valence-electron chi connectivity index (χ0n) is 22.5. The Hall–Kier alpha value is -2.64. The molecule has 4 aromatic rings. The topological polar surface area (TPSA) is 53.9 Å². The van der Waals surface area contributed by atoms with Gasteiger partial charge >= 0.3 is 0 Å². The number of nitrogens with one attached hydrogen (secondary N) is 1. The number of pyridine rings is 1. The van der Waals surface area contributed by atoms with E-state index >= 15 is 0 Å². The smallest absolute Gasteiger partial charge is 0.149 e. The summed E-state index contributed by atoms with van der Waals surface area (Å²) in [5.74, 6) is 1.66. The molecule has 7 heteroatoms. The Labute approximate surface area is 219 Å². The minimum absolute atomic E-state index is 0.204. The van der Waals surface area contributed by atoms with Crippen LogP contribution in [0.3, 0.4) is 0 Å². The van der Waals surface area contributed by atoms with Crippen LogP contribution in [-0.4, -0.2) is 59.6 Å². The zero-order chi connectivity index (χ0) is 25.6. The van der Waals surface area contributed by atoms with Crippen LogP contribution in [-0.2, 0) is 0 Å². The van der Waals surface area contributed by atoms with Crippen LogP contribution in [0.25, 0.3) is 32.9 Å². The number of likely N-dealkylation sites (N-methyl/N-ethyl adjacent to an activating group) is 1. The predicted octanol–water partition coefficient (Wildman–Crippen LogP) is 5.77. The van der Waals surface area contributed by atoms with E-state index in [9.17, 15) is 0 Å². The molecule has 1 aliphatic rings. The highest BCUT2D eigenvalue weighted by Crippen LogP contribution is 2.38. The largest absolute Gasteiger partial charge is 0.368 e. The molecule has 1 saturated carbocycles. The zero-order valence-corrected chi connectivity index (χ0v) is 23.3. The third kappa shape index (κ3) is 4.16. The molecule has 0 amide bonds. The Morgan fingerprint density at radius 1 is 1.11 bits per heavy atom. The van der Waals surface area contributed by atoms with E-state index in [4.69, 9.17) is 15.0 Å². The maximum atomic E-state index is 5.06. The summed E-state index contributed by atoms with van der Waals surface area (Å²) in [7, 11) is 6.57. The van der Waals surface area contributed by atoms with Gasteiger partial charge in [-0.15, -0.1) is 11.8 Å². The van der Waals surface area contributed by atoms with Crippen molar-refractivity contribution < 1.29 is 0 Å². The average Bonchev–Trinajstić information content (AvgIpc) is 2.83. The van der Waals surface area contributed by atoms with E-state index < -0.39 is 0 Å². The fraction of sp³-hybridized carbons (Fsp3) is 0.414. The van der Waals surface area contributed by atoms with Gasteiger partial charge in [0.05, 0.1) is 16.6 Å². The monoisotopic (exact) mass is 496 g/mol. The van der Waals surface area contributed by atoms with Crippen LogP contribution >= 0.6 is 11.8 Å². The van der Waals surface area contributed by atoms with Crippen molar-refractivity contribution in [3.8, 4) is 11.3 Å². The van der Waals surface area contributed by atoms with E-state index in [1.54, 1.807) is 11.8 Å². The van der Waals surface area contributed by atoms with Crippen molar-refractivity contribution in [1.29, 1.82) is 0 Å². The molecule has 0 spiro atoms. The van der Waals surface area contributed by atoms with E-state index in [1.165, 1.54) is 51.5 Å². The lowest BCUT2D eigenvalue weighted by molar-refractivity contribution is 0.0738. The van der Waals surface area contributed by atoms with Crippen LogP contribution in [0, 0.1) is 20.8 Å². The summed E-state index contributed by atoms with van der Waals surface area (Å²) in [4.78, 5) is 18.3. The second-order valence-electron chi connectivity index (χ2n) is 10.3. The van der Waals surface area contributed by atoms with Crippen molar-refractivity contribution in [3.63, 3.8) is 0 Å². The molecule has 0 bridgehead atoms. The summed E-state index contributed by atoms with van der Waals surface area (Å²) >= 11 is 1.77. The number of hydrogen-bond acceptors (Lipinski definition) is 6. The van der Waals surface area contributed by atoms with Crippen molar-refractivity contribution in [1.82, 2.24) is 19.9 Å². The van der Waals surface area contributed by atoms with E-state index in [2.05, 4.69) is 82.8 Å². The molecule has 1 fully saturated rings. The summed E-state index contributed by atoms with van der Waals surface area (Å²) in [6, 6.07) is 9.00. The first-order valence-electron chi connectivity index (χ1n) is 12.7. The van der Waals surface area contributed by atoms with Crippen LogP contribution in [0.5, 0.6) is 0 Å². The fourth-order valence-electron chi connectivity index (χ4n) is 5.60. The molecule has 5 rings (SSSR count). The average molecular weight is 497 g/mol. The number of anilines is 1. The number of hydrogen-bond donors (Lipinski definition) is 1. The Balaban J connectivity index is 1.67. The Kier molecular flexibility index (Phi) is 6.73. The number of aromatic nitrogens is 3. The van der Waals surface area contributed by atoms with Gasteiger partial charge in [-0.05, 0) is 83.3 Å². The number of benzene rings is 2. The van der Waals surface area contributed by atoms with Gasteiger partial charge in [0, 0.05) is 34.3 Å². The number of rotatable bonds is 7. The molecule has 1 N–H and O–H groups in total. The van der Waals surface area contributed by atoms with Crippen molar-refractivity contribution in [2.24, 2.45) is 0 Å². The van der Waals surface area contributed by atoms with Crippen molar-refractivity contribution >= 4 is 52.0 Å². The normalized spacial score (nSPS) is 14.9. The number of fused-ring (bicyclic) bond motifs is 2. The maximum Gasteiger partial charge on any atom is 0.149 e. The molecular weight excluding hydrogens is 461 g/mol. The lowest BCUT2D eigenvalue weighted by Gasteiger charge is -2.47. The number of thioether (sulfide) groups is 1. The summed E-state index contributed by atoms with van der Waals surface area (Å²) in [6.45, 7) is 9.30. The van der Waals surface area contributed by atoms with Crippen LogP contribution in [0.1, 0.15) is 36.2 Å². The Bertz CT molecular complexity index is 1460. The molecule has 36 heavy (non-hydrogen) atoms. The fourth-order valence-corrected chi connectivity index (χ4v) is 6.08. The standard InChI is InChI=1S/C29H35BN5S/c1-17-9-10-20-13-21(36-7)14-22(24(20)25(17)30-4)26-18(2)27-23(15-31-26)28(34-19(3)33-27)32-16-29(35(5)6)11-8-12-29/h9-10,13-15H,8,11-12,16H2,1-7H3,(H,32,33,34). The van der Waals surface area contributed by atoms with E-state index in [-0.39, 0.29) is 5.54 Å². The summed E-state index contributed by atoms with van der Waals surface area (Å²) in [6.07, 6.45) is 7.80. The van der Waals surface area contributed by atoms with Crippen molar-refractivity contribution in [2.45, 2.75) is 57.3 Å². The maximum absolute atomic E-state index is 5.06. The molecule has 185 valence electrons. The first kappa shape index (κ1) is 25.0. The molecule has 2 aromatic carbocycles. The highest BCUT2D eigenvalue weighted by atomic mass is 32.2. The molecular formula is C29H35BN5S. The molecule has 1 radical (unpaired) electrons. The quantitative estimate of drug-likeness (QED) is 0.259. The SMILES string of the molecule is C[B]c1c(C)ccc2cc(SC)cc(-c3ncc4c(NCC5(N(C)C)CCC5)nc(C)nc4c3C)c12. The van der Waals surface area contributed by atoms with Gasteiger partial charge in [0.15, 0.2) is 0 Å². The van der Waals surface area contributed by atoms with Gasteiger partial charge in [-0.25, -0.2) is 9.97 Å². The third-order valence-electron chi connectivity index (χ3n) is 8.04. The minimum Gasteiger partial charge on any atom is -0.368 e. The molecule has 0 saturated heterocycles. The van der Waals surface area contributed by atoms with E-state index in [0.717, 1.165) is 40.3 Å². The first-order chi connectivity index (χ1) is 17.3. The first-order valence-corrected chi connectivity index (χ1v) is 14.0. The van der Waals surface area contributed by atoms with Crippen LogP contribution in [0.15, 0.2) is 35.4 Å². The highest BCUT2D eigenvalue weighted by molar-refractivity contribution is 7.98. The van der Waals surface area contributed by atoms with Gasteiger partial charge in [0.25, 0.3) is 0 Å². The van der Waals surface area contributed by atoms with Gasteiger partial charge in [-0.2, -0.15) is 0 Å². The molecule has 5 nitrogen and oxygen atoms in total. The lowest BCUT2D eigenvalue weighted by Crippen LogP contribution is -2.54. The third-order valence-corrected chi connectivity index (χ3v) is 8.74. The summed E-state index contributed by atoms with van der Waals surface area (Å²) in [5.41, 5.74) is 6.97. The Morgan fingerprint density at radius 3 is 2.53 bits per heavy atom. The van der Waals surface area contributed by atoms with Gasteiger partial charge in [0.2, 0.25) is 0 Å². The van der Waals surface area contributed by atoms with Crippen LogP contribution < -0.4 is 10.8 Å². The lowest BCUT2D eigenvalue weighted by atomic mass is 9.68. The van der Waals surface area contributed by atoms with Gasteiger partial charge in [-0.1, -0.05) is 30.0 Å². The molecule has 2 aromatic heterocycles. The van der Waals surface area contributed by atoms with Gasteiger partial charge in [-0.3, -0.25) is 4.98 Å².